The van der Waals surface area contributed by atoms with E-state index in [0.717, 1.165) is 23.8 Å². The van der Waals surface area contributed by atoms with Gasteiger partial charge in [0.05, 0.1) is 5.56 Å². The highest BCUT2D eigenvalue weighted by Gasteiger charge is 2.17. The Morgan fingerprint density at radius 1 is 1.06 bits per heavy atom. The number of hydrogen-bond acceptors (Lipinski definition) is 1. The van der Waals surface area contributed by atoms with Crippen LogP contribution in [0.5, 0.6) is 0 Å². The lowest BCUT2D eigenvalue weighted by Gasteiger charge is -2.07. The van der Waals surface area contributed by atoms with Crippen LogP contribution in [0.1, 0.15) is 28.4 Å². The Morgan fingerprint density at radius 3 is 2.50 bits per heavy atom. The lowest BCUT2D eigenvalue weighted by molar-refractivity contribution is 0.103. The van der Waals surface area contributed by atoms with Crippen molar-refractivity contribution < 1.29 is 13.6 Å². The number of carbonyl (C=O) groups is 1. The van der Waals surface area contributed by atoms with Gasteiger partial charge < -0.3 is 0 Å². The maximum Gasteiger partial charge on any atom is 0.196 e. The molecule has 0 N–H and O–H groups in total. The topological polar surface area (TPSA) is 17.1 Å². The summed E-state index contributed by atoms with van der Waals surface area (Å²) in [6.45, 7) is 1.91. The first-order valence-corrected chi connectivity index (χ1v) is 5.71. The van der Waals surface area contributed by atoms with E-state index in [0.29, 0.717) is 12.0 Å². The second-order valence-electron chi connectivity index (χ2n) is 3.96. The molecule has 0 aliphatic carbocycles. The Kier molecular flexibility index (Phi) is 3.51. The Morgan fingerprint density at radius 2 is 1.78 bits per heavy atom. The molecule has 1 nitrogen and oxygen atoms in total. The summed E-state index contributed by atoms with van der Waals surface area (Å²) in [5.41, 5.74) is 1.02. The van der Waals surface area contributed by atoms with Gasteiger partial charge in [-0.1, -0.05) is 31.2 Å². The van der Waals surface area contributed by atoms with E-state index in [1.54, 1.807) is 12.1 Å². The Labute approximate surface area is 104 Å². The van der Waals surface area contributed by atoms with Crippen LogP contribution in [0.3, 0.4) is 0 Å². The molecule has 2 aromatic carbocycles. The summed E-state index contributed by atoms with van der Waals surface area (Å²) in [6, 6.07) is 9.87. The molecule has 0 saturated carbocycles. The van der Waals surface area contributed by atoms with Gasteiger partial charge in [0.2, 0.25) is 0 Å². The summed E-state index contributed by atoms with van der Waals surface area (Å²) < 4.78 is 26.6. The third-order valence-electron chi connectivity index (χ3n) is 2.82. The highest BCUT2D eigenvalue weighted by atomic mass is 19.1. The van der Waals surface area contributed by atoms with Crippen LogP contribution in [0.25, 0.3) is 0 Å². The molecule has 92 valence electrons. The van der Waals surface area contributed by atoms with Crippen molar-refractivity contribution in [3.05, 3.63) is 70.8 Å². The molecule has 0 bridgehead atoms. The molecule has 0 spiro atoms. The van der Waals surface area contributed by atoms with Crippen LogP contribution in [-0.4, -0.2) is 5.78 Å². The maximum atomic E-state index is 13.6. The first-order chi connectivity index (χ1) is 8.63. The molecule has 0 radical (unpaired) electrons. The van der Waals surface area contributed by atoms with Gasteiger partial charge in [0.1, 0.15) is 11.6 Å². The largest absolute Gasteiger partial charge is 0.288 e. The second-order valence-corrected chi connectivity index (χ2v) is 3.96. The summed E-state index contributed by atoms with van der Waals surface area (Å²) in [4.78, 5) is 12.2. The molecule has 0 heterocycles. The fraction of sp³-hybridized carbons (Fsp3) is 0.133. The van der Waals surface area contributed by atoms with Crippen molar-refractivity contribution in [2.45, 2.75) is 13.3 Å². The zero-order valence-corrected chi connectivity index (χ0v) is 9.91. The molecule has 0 saturated heterocycles. The highest BCUT2D eigenvalue weighted by Crippen LogP contribution is 2.18. The van der Waals surface area contributed by atoms with E-state index in [4.69, 9.17) is 0 Å². The van der Waals surface area contributed by atoms with Gasteiger partial charge >= 0.3 is 0 Å². The van der Waals surface area contributed by atoms with Gasteiger partial charge in [0.15, 0.2) is 5.78 Å². The molecule has 0 aliphatic heterocycles. The van der Waals surface area contributed by atoms with Crippen LogP contribution >= 0.6 is 0 Å². The van der Waals surface area contributed by atoms with Gasteiger partial charge in [-0.2, -0.15) is 0 Å². The minimum Gasteiger partial charge on any atom is -0.288 e. The predicted molar refractivity (Wildman–Crippen MR) is 65.6 cm³/mol. The van der Waals surface area contributed by atoms with Crippen molar-refractivity contribution in [1.82, 2.24) is 0 Å². The SMILES string of the molecule is CCc1ccccc1C(=O)c1cc(F)ccc1F. The predicted octanol–water partition coefficient (Wildman–Crippen LogP) is 3.76. The molecule has 0 aromatic heterocycles. The van der Waals surface area contributed by atoms with Crippen molar-refractivity contribution in [1.29, 1.82) is 0 Å². The minimum atomic E-state index is -0.702. The molecule has 0 atom stereocenters. The van der Waals surface area contributed by atoms with E-state index in [9.17, 15) is 13.6 Å². The molecule has 0 unspecified atom stereocenters. The van der Waals surface area contributed by atoms with Crippen LogP contribution in [0.15, 0.2) is 42.5 Å². The number of carbonyl (C=O) groups excluding carboxylic acids is 1. The van der Waals surface area contributed by atoms with E-state index < -0.39 is 17.4 Å². The van der Waals surface area contributed by atoms with E-state index in [-0.39, 0.29) is 5.56 Å². The number of hydrogen-bond donors (Lipinski definition) is 0. The number of halogens is 2. The van der Waals surface area contributed by atoms with Crippen LogP contribution in [-0.2, 0) is 6.42 Å². The molecule has 18 heavy (non-hydrogen) atoms. The number of benzene rings is 2. The summed E-state index contributed by atoms with van der Waals surface area (Å²) in [6.07, 6.45) is 0.666. The summed E-state index contributed by atoms with van der Waals surface area (Å²) in [7, 11) is 0. The molecule has 3 heteroatoms. The first kappa shape index (κ1) is 12.4. The molecular weight excluding hydrogens is 234 g/mol. The van der Waals surface area contributed by atoms with Gasteiger partial charge in [-0.25, -0.2) is 8.78 Å². The lowest BCUT2D eigenvalue weighted by Crippen LogP contribution is -2.07. The average Bonchev–Trinajstić information content (AvgIpc) is 2.40. The van der Waals surface area contributed by atoms with Crippen molar-refractivity contribution in [3.8, 4) is 0 Å². The molecule has 0 fully saturated rings. The first-order valence-electron chi connectivity index (χ1n) is 5.71. The monoisotopic (exact) mass is 246 g/mol. The standard InChI is InChI=1S/C15H12F2O/c1-2-10-5-3-4-6-12(10)15(18)13-9-11(16)7-8-14(13)17/h3-9H,2H2,1H3. The van der Waals surface area contributed by atoms with E-state index in [1.807, 2.05) is 19.1 Å². The van der Waals surface area contributed by atoms with Gasteiger partial charge in [-0.05, 0) is 30.2 Å². The number of rotatable bonds is 3. The molecule has 0 amide bonds. The fourth-order valence-corrected chi connectivity index (χ4v) is 1.87. The minimum absolute atomic E-state index is 0.226. The van der Waals surface area contributed by atoms with Crippen LogP contribution < -0.4 is 0 Å². The number of ketones is 1. The van der Waals surface area contributed by atoms with E-state index in [2.05, 4.69) is 0 Å². The van der Waals surface area contributed by atoms with Gasteiger partial charge in [-0.3, -0.25) is 4.79 Å². The summed E-state index contributed by atoms with van der Waals surface area (Å²) in [5, 5.41) is 0. The smallest absolute Gasteiger partial charge is 0.196 e. The van der Waals surface area contributed by atoms with E-state index >= 15 is 0 Å². The quantitative estimate of drug-likeness (QED) is 0.754. The molecular formula is C15H12F2O. The van der Waals surface area contributed by atoms with Gasteiger partial charge in [0, 0.05) is 5.56 Å². The van der Waals surface area contributed by atoms with Crippen molar-refractivity contribution in [2.75, 3.05) is 0 Å². The maximum absolute atomic E-state index is 13.6. The average molecular weight is 246 g/mol. The van der Waals surface area contributed by atoms with Crippen LogP contribution in [0.2, 0.25) is 0 Å². The van der Waals surface area contributed by atoms with Gasteiger partial charge in [-0.15, -0.1) is 0 Å². The number of aryl methyl sites for hydroxylation is 1. The normalized spacial score (nSPS) is 10.4. The lowest BCUT2D eigenvalue weighted by atomic mass is 9.97. The third kappa shape index (κ3) is 2.30. The molecule has 0 aliphatic rings. The Bertz CT molecular complexity index is 591. The second kappa shape index (κ2) is 5.08. The van der Waals surface area contributed by atoms with Crippen molar-refractivity contribution in [3.63, 3.8) is 0 Å². The molecule has 2 aromatic rings. The Hall–Kier alpha value is -2.03. The van der Waals surface area contributed by atoms with Crippen molar-refractivity contribution >= 4 is 5.78 Å². The third-order valence-corrected chi connectivity index (χ3v) is 2.82. The zero-order valence-electron chi connectivity index (χ0n) is 9.91. The Balaban J connectivity index is 2.51. The molecule has 2 rings (SSSR count). The summed E-state index contributed by atoms with van der Waals surface area (Å²) in [5.74, 6) is -1.80. The summed E-state index contributed by atoms with van der Waals surface area (Å²) >= 11 is 0. The highest BCUT2D eigenvalue weighted by molar-refractivity contribution is 6.10. The van der Waals surface area contributed by atoms with Crippen molar-refractivity contribution in [2.24, 2.45) is 0 Å². The van der Waals surface area contributed by atoms with Gasteiger partial charge in [0.25, 0.3) is 0 Å². The zero-order chi connectivity index (χ0) is 13.1. The fourth-order valence-electron chi connectivity index (χ4n) is 1.87. The van der Waals surface area contributed by atoms with Crippen LogP contribution in [0.4, 0.5) is 8.78 Å². The van der Waals surface area contributed by atoms with Crippen LogP contribution in [0, 0.1) is 11.6 Å². The van der Waals surface area contributed by atoms with E-state index in [1.165, 1.54) is 0 Å².